The number of anilines is 1. The van der Waals surface area contributed by atoms with E-state index < -0.39 is 4.92 Å². The Balaban J connectivity index is 1.40. The van der Waals surface area contributed by atoms with Crippen LogP contribution in [-0.2, 0) is 6.54 Å². The van der Waals surface area contributed by atoms with Gasteiger partial charge in [0.05, 0.1) is 18.1 Å². The van der Waals surface area contributed by atoms with Crippen LogP contribution < -0.4 is 10.1 Å². The maximum absolute atomic E-state index is 12.8. The van der Waals surface area contributed by atoms with Gasteiger partial charge in [0.15, 0.2) is 11.6 Å². The Kier molecular flexibility index (Phi) is 7.20. The number of nitrogens with zero attached hydrogens (tertiary/aromatic N) is 4. The van der Waals surface area contributed by atoms with Gasteiger partial charge in [0.1, 0.15) is 11.4 Å². The minimum atomic E-state index is -0.410. The summed E-state index contributed by atoms with van der Waals surface area (Å²) in [4.78, 5) is 27.9. The molecular formula is C25H29N5O4. The van der Waals surface area contributed by atoms with Gasteiger partial charge in [-0.2, -0.15) is 5.10 Å². The number of hydrogen-bond acceptors (Lipinski definition) is 6. The molecule has 0 saturated heterocycles. The average Bonchev–Trinajstić information content (AvgIpc) is 3.12. The van der Waals surface area contributed by atoms with Crippen molar-refractivity contribution >= 4 is 17.4 Å². The Labute approximate surface area is 198 Å². The lowest BCUT2D eigenvalue weighted by Gasteiger charge is -2.22. The molecule has 0 radical (unpaired) electrons. The number of carbonyl (C=O) groups excluding carboxylic acids is 1. The SMILES string of the molecule is Cc1nn(Cc2ccc(C(=O)Nc3ncccc3OCC3CCCCC3)cc2)c(C)c1[N+](=O)[O-]. The van der Waals surface area contributed by atoms with Gasteiger partial charge in [0.2, 0.25) is 0 Å². The minimum Gasteiger partial charge on any atom is -0.489 e. The molecule has 3 aromatic rings. The Hall–Kier alpha value is -3.75. The highest BCUT2D eigenvalue weighted by Crippen LogP contribution is 2.27. The summed E-state index contributed by atoms with van der Waals surface area (Å²) in [5.74, 6) is 1.25. The van der Waals surface area contributed by atoms with Gasteiger partial charge in [0.25, 0.3) is 5.91 Å². The van der Waals surface area contributed by atoms with E-state index in [1.54, 1.807) is 42.9 Å². The Morgan fingerprint density at radius 2 is 1.91 bits per heavy atom. The van der Waals surface area contributed by atoms with E-state index in [4.69, 9.17) is 4.74 Å². The van der Waals surface area contributed by atoms with E-state index in [0.29, 0.717) is 47.6 Å². The van der Waals surface area contributed by atoms with Crippen molar-refractivity contribution < 1.29 is 14.5 Å². The standard InChI is InChI=1S/C25H29N5O4/c1-17-23(30(32)33)18(2)29(28-17)15-19-10-12-21(13-11-19)25(31)27-24-22(9-6-14-26-24)34-16-20-7-4-3-5-8-20/h6,9-14,20H,3-5,7-8,15-16H2,1-2H3,(H,26,27,31). The first kappa shape index (κ1) is 23.4. The van der Waals surface area contributed by atoms with Crippen LogP contribution >= 0.6 is 0 Å². The largest absolute Gasteiger partial charge is 0.489 e. The second-order valence-electron chi connectivity index (χ2n) is 8.75. The Morgan fingerprint density at radius 3 is 2.59 bits per heavy atom. The van der Waals surface area contributed by atoms with Crippen LogP contribution in [0.25, 0.3) is 0 Å². The maximum Gasteiger partial charge on any atom is 0.312 e. The zero-order valence-corrected chi connectivity index (χ0v) is 19.5. The minimum absolute atomic E-state index is 0.0351. The van der Waals surface area contributed by atoms with Crippen LogP contribution in [0.2, 0.25) is 0 Å². The van der Waals surface area contributed by atoms with Crippen LogP contribution in [0.3, 0.4) is 0 Å². The first-order chi connectivity index (χ1) is 16.4. The van der Waals surface area contributed by atoms with Crippen LogP contribution in [0.15, 0.2) is 42.6 Å². The van der Waals surface area contributed by atoms with Gasteiger partial charge in [-0.25, -0.2) is 4.98 Å². The van der Waals surface area contributed by atoms with Crippen molar-refractivity contribution in [2.45, 2.75) is 52.5 Å². The highest BCUT2D eigenvalue weighted by Gasteiger charge is 2.22. The Bertz CT molecular complexity index is 1170. The molecule has 0 bridgehead atoms. The van der Waals surface area contributed by atoms with E-state index in [9.17, 15) is 14.9 Å². The molecule has 1 saturated carbocycles. The van der Waals surface area contributed by atoms with Crippen LogP contribution in [0.1, 0.15) is 59.4 Å². The van der Waals surface area contributed by atoms with E-state index in [2.05, 4.69) is 15.4 Å². The van der Waals surface area contributed by atoms with Crippen molar-refractivity contribution in [3.8, 4) is 5.75 Å². The normalized spacial score (nSPS) is 14.1. The molecule has 2 heterocycles. The van der Waals surface area contributed by atoms with E-state index in [-0.39, 0.29) is 11.6 Å². The van der Waals surface area contributed by atoms with Crippen LogP contribution in [0.4, 0.5) is 11.5 Å². The molecule has 1 aliphatic carbocycles. The second-order valence-corrected chi connectivity index (χ2v) is 8.75. The van der Waals surface area contributed by atoms with Gasteiger partial charge >= 0.3 is 5.69 Å². The summed E-state index contributed by atoms with van der Waals surface area (Å²) in [6, 6.07) is 10.7. The molecule has 4 rings (SSSR count). The zero-order valence-electron chi connectivity index (χ0n) is 19.5. The van der Waals surface area contributed by atoms with Crippen molar-refractivity contribution in [2.24, 2.45) is 5.92 Å². The molecule has 1 amide bonds. The summed E-state index contributed by atoms with van der Waals surface area (Å²) >= 11 is 0. The molecule has 0 aliphatic heterocycles. The van der Waals surface area contributed by atoms with Gasteiger partial charge in [-0.05, 0) is 62.4 Å². The number of rotatable bonds is 8. The summed E-state index contributed by atoms with van der Waals surface area (Å²) in [7, 11) is 0. The number of benzene rings is 1. The van der Waals surface area contributed by atoms with Crippen LogP contribution in [-0.4, -0.2) is 32.2 Å². The molecule has 1 fully saturated rings. The molecule has 2 aromatic heterocycles. The highest BCUT2D eigenvalue weighted by molar-refractivity contribution is 6.04. The number of amides is 1. The molecule has 1 aliphatic rings. The van der Waals surface area contributed by atoms with Gasteiger partial charge in [0, 0.05) is 11.8 Å². The van der Waals surface area contributed by atoms with E-state index >= 15 is 0 Å². The summed E-state index contributed by atoms with van der Waals surface area (Å²) < 4.78 is 7.61. The third-order valence-electron chi connectivity index (χ3n) is 6.28. The van der Waals surface area contributed by atoms with E-state index in [1.807, 2.05) is 18.2 Å². The topological polar surface area (TPSA) is 112 Å². The maximum atomic E-state index is 12.8. The fourth-order valence-corrected chi connectivity index (χ4v) is 4.38. The van der Waals surface area contributed by atoms with Gasteiger partial charge in [-0.15, -0.1) is 0 Å². The van der Waals surface area contributed by atoms with Crippen LogP contribution in [0, 0.1) is 29.9 Å². The van der Waals surface area contributed by atoms with Crippen molar-refractivity contribution in [3.63, 3.8) is 0 Å². The molecule has 1 aromatic carbocycles. The fraction of sp³-hybridized carbons (Fsp3) is 0.400. The predicted octanol–water partition coefficient (Wildman–Crippen LogP) is 5.06. The second kappa shape index (κ2) is 10.5. The van der Waals surface area contributed by atoms with E-state index in [0.717, 1.165) is 5.56 Å². The van der Waals surface area contributed by atoms with Gasteiger partial charge < -0.3 is 10.1 Å². The number of hydrogen-bond donors (Lipinski definition) is 1. The number of pyridine rings is 1. The van der Waals surface area contributed by atoms with Crippen molar-refractivity contribution in [2.75, 3.05) is 11.9 Å². The van der Waals surface area contributed by atoms with Crippen LogP contribution in [0.5, 0.6) is 5.75 Å². The summed E-state index contributed by atoms with van der Waals surface area (Å²) in [5, 5.41) is 18.3. The third-order valence-corrected chi connectivity index (χ3v) is 6.28. The number of nitro groups is 1. The highest BCUT2D eigenvalue weighted by atomic mass is 16.6. The van der Waals surface area contributed by atoms with E-state index in [1.165, 1.54) is 32.1 Å². The van der Waals surface area contributed by atoms with Crippen molar-refractivity contribution in [1.82, 2.24) is 14.8 Å². The molecule has 0 spiro atoms. The summed E-state index contributed by atoms with van der Waals surface area (Å²) in [5.41, 5.74) is 2.28. The first-order valence-electron chi connectivity index (χ1n) is 11.6. The van der Waals surface area contributed by atoms with Crippen molar-refractivity contribution in [1.29, 1.82) is 0 Å². The average molecular weight is 464 g/mol. The Morgan fingerprint density at radius 1 is 1.18 bits per heavy atom. The molecule has 9 nitrogen and oxygen atoms in total. The molecule has 178 valence electrons. The summed E-state index contributed by atoms with van der Waals surface area (Å²) in [6.07, 6.45) is 7.77. The van der Waals surface area contributed by atoms with Crippen molar-refractivity contribution in [3.05, 3.63) is 75.2 Å². The number of nitrogens with one attached hydrogen (secondary N) is 1. The molecule has 1 N–H and O–H groups in total. The third kappa shape index (κ3) is 5.41. The number of ether oxygens (including phenoxy) is 1. The lowest BCUT2D eigenvalue weighted by atomic mass is 9.90. The lowest BCUT2D eigenvalue weighted by molar-refractivity contribution is -0.386. The fourth-order valence-electron chi connectivity index (χ4n) is 4.38. The number of carbonyl (C=O) groups is 1. The zero-order chi connectivity index (χ0) is 24.1. The van der Waals surface area contributed by atoms with Gasteiger partial charge in [-0.3, -0.25) is 19.6 Å². The number of aryl methyl sites for hydroxylation is 1. The quantitative estimate of drug-likeness (QED) is 0.369. The molecule has 0 atom stereocenters. The monoisotopic (exact) mass is 463 g/mol. The first-order valence-corrected chi connectivity index (χ1v) is 11.6. The molecule has 34 heavy (non-hydrogen) atoms. The number of aromatic nitrogens is 3. The molecule has 9 heteroatoms. The predicted molar refractivity (Wildman–Crippen MR) is 128 cm³/mol. The molecule has 0 unspecified atom stereocenters. The lowest BCUT2D eigenvalue weighted by Crippen LogP contribution is -2.17. The molecular weight excluding hydrogens is 434 g/mol. The smallest absolute Gasteiger partial charge is 0.312 e. The van der Waals surface area contributed by atoms with Gasteiger partial charge in [-0.1, -0.05) is 31.4 Å². The summed E-state index contributed by atoms with van der Waals surface area (Å²) in [6.45, 7) is 4.32.